The van der Waals surface area contributed by atoms with Gasteiger partial charge in [-0.25, -0.2) is 0 Å². The molecular formula is C9H12Br2N2O. The highest BCUT2D eigenvalue weighted by Gasteiger charge is 2.09. The Morgan fingerprint density at radius 2 is 1.79 bits per heavy atom. The molecule has 0 fully saturated rings. The quantitative estimate of drug-likeness (QED) is 0.746. The Bertz CT molecular complexity index is 308. The van der Waals surface area contributed by atoms with Gasteiger partial charge in [0.1, 0.15) is 0 Å². The van der Waals surface area contributed by atoms with Gasteiger partial charge in [-0.15, -0.1) is 0 Å². The van der Waals surface area contributed by atoms with E-state index < -0.39 is 0 Å². The highest BCUT2D eigenvalue weighted by Crippen LogP contribution is 2.31. The van der Waals surface area contributed by atoms with E-state index in [9.17, 15) is 0 Å². The first-order valence-corrected chi connectivity index (χ1v) is 5.75. The lowest BCUT2D eigenvalue weighted by atomic mass is 10.1. The van der Waals surface area contributed by atoms with Crippen LogP contribution in [0.25, 0.3) is 0 Å². The van der Waals surface area contributed by atoms with Crippen molar-refractivity contribution < 1.29 is 5.11 Å². The van der Waals surface area contributed by atoms with E-state index in [0.29, 0.717) is 12.1 Å². The van der Waals surface area contributed by atoms with Crippen molar-refractivity contribution in [2.24, 2.45) is 5.73 Å². The highest BCUT2D eigenvalue weighted by atomic mass is 79.9. The fraction of sp³-hybridized carbons (Fsp3) is 0.333. The maximum atomic E-state index is 8.76. The molecule has 1 aromatic carbocycles. The number of benzene rings is 1. The topological polar surface area (TPSA) is 72.3 Å². The molecule has 5 heteroatoms. The second-order valence-corrected chi connectivity index (χ2v) is 4.73. The number of aliphatic hydroxyl groups is 1. The van der Waals surface area contributed by atoms with Crippen molar-refractivity contribution >= 4 is 37.5 Å². The Kier molecular flexibility index (Phi) is 4.37. The maximum Gasteiger partial charge on any atom is 0.0603 e. The molecule has 0 aliphatic heterocycles. The zero-order valence-corrected chi connectivity index (χ0v) is 10.7. The SMILES string of the molecule is Nc1c(Br)cc(C(N)CCO)cc1Br. The summed E-state index contributed by atoms with van der Waals surface area (Å²) in [6, 6.07) is 3.59. The number of hydrogen-bond donors (Lipinski definition) is 3. The van der Waals surface area contributed by atoms with Gasteiger partial charge < -0.3 is 16.6 Å². The molecule has 14 heavy (non-hydrogen) atoms. The number of hydrogen-bond acceptors (Lipinski definition) is 3. The van der Waals surface area contributed by atoms with Crippen LogP contribution in [-0.4, -0.2) is 11.7 Å². The van der Waals surface area contributed by atoms with E-state index in [2.05, 4.69) is 31.9 Å². The molecule has 0 aliphatic carbocycles. The molecule has 3 nitrogen and oxygen atoms in total. The van der Waals surface area contributed by atoms with E-state index in [1.807, 2.05) is 12.1 Å². The van der Waals surface area contributed by atoms with Gasteiger partial charge in [0.2, 0.25) is 0 Å². The van der Waals surface area contributed by atoms with E-state index in [-0.39, 0.29) is 12.6 Å². The van der Waals surface area contributed by atoms with Gasteiger partial charge in [0, 0.05) is 21.6 Å². The average Bonchev–Trinajstić information content (AvgIpc) is 2.13. The summed E-state index contributed by atoms with van der Waals surface area (Å²) in [6.45, 7) is 0.0841. The number of nitrogens with two attached hydrogens (primary N) is 2. The Morgan fingerprint density at radius 1 is 1.29 bits per heavy atom. The number of nitrogen functional groups attached to an aromatic ring is 1. The van der Waals surface area contributed by atoms with Crippen molar-refractivity contribution in [2.75, 3.05) is 12.3 Å². The second kappa shape index (κ2) is 5.11. The molecule has 0 aromatic heterocycles. The van der Waals surface area contributed by atoms with Crippen LogP contribution in [0, 0.1) is 0 Å². The number of rotatable bonds is 3. The molecule has 0 saturated carbocycles. The summed E-state index contributed by atoms with van der Waals surface area (Å²) in [5, 5.41) is 8.76. The van der Waals surface area contributed by atoms with E-state index >= 15 is 0 Å². The predicted molar refractivity (Wildman–Crippen MR) is 64.9 cm³/mol. The lowest BCUT2D eigenvalue weighted by Gasteiger charge is -2.12. The molecule has 0 amide bonds. The Labute approximate surface area is 99.7 Å². The van der Waals surface area contributed by atoms with Crippen molar-refractivity contribution in [1.82, 2.24) is 0 Å². The van der Waals surface area contributed by atoms with Crippen molar-refractivity contribution in [3.05, 3.63) is 26.6 Å². The van der Waals surface area contributed by atoms with Gasteiger partial charge >= 0.3 is 0 Å². The average molecular weight is 324 g/mol. The molecule has 0 radical (unpaired) electrons. The van der Waals surface area contributed by atoms with E-state index in [4.69, 9.17) is 16.6 Å². The Balaban J connectivity index is 3.00. The van der Waals surface area contributed by atoms with Crippen LogP contribution in [0.4, 0.5) is 5.69 Å². The van der Waals surface area contributed by atoms with E-state index in [0.717, 1.165) is 14.5 Å². The lowest BCUT2D eigenvalue weighted by molar-refractivity contribution is 0.276. The largest absolute Gasteiger partial charge is 0.397 e. The molecule has 1 rings (SSSR count). The van der Waals surface area contributed by atoms with Gasteiger partial charge in [-0.3, -0.25) is 0 Å². The maximum absolute atomic E-state index is 8.76. The van der Waals surface area contributed by atoms with Crippen LogP contribution < -0.4 is 11.5 Å². The summed E-state index contributed by atoms with van der Waals surface area (Å²) >= 11 is 6.69. The summed E-state index contributed by atoms with van der Waals surface area (Å²) in [5.74, 6) is 0. The number of aliphatic hydroxyl groups excluding tert-OH is 1. The molecule has 0 spiro atoms. The molecular weight excluding hydrogens is 312 g/mol. The Hall–Kier alpha value is -0.100. The molecule has 0 heterocycles. The molecule has 1 unspecified atom stereocenters. The lowest BCUT2D eigenvalue weighted by Crippen LogP contribution is -2.12. The monoisotopic (exact) mass is 322 g/mol. The van der Waals surface area contributed by atoms with Crippen molar-refractivity contribution in [3.8, 4) is 0 Å². The summed E-state index contributed by atoms with van der Waals surface area (Å²) in [6.07, 6.45) is 0.544. The first kappa shape index (κ1) is 12.0. The van der Waals surface area contributed by atoms with Crippen LogP contribution in [0.1, 0.15) is 18.0 Å². The smallest absolute Gasteiger partial charge is 0.0603 e. The minimum atomic E-state index is -0.159. The summed E-state index contributed by atoms with van der Waals surface area (Å²) < 4.78 is 1.63. The minimum Gasteiger partial charge on any atom is -0.397 e. The van der Waals surface area contributed by atoms with Crippen LogP contribution >= 0.6 is 31.9 Å². The first-order chi connectivity index (χ1) is 6.56. The molecule has 1 aromatic rings. The molecule has 5 N–H and O–H groups in total. The van der Waals surface area contributed by atoms with Crippen molar-refractivity contribution in [2.45, 2.75) is 12.5 Å². The molecule has 0 aliphatic rings. The van der Waals surface area contributed by atoms with Crippen molar-refractivity contribution in [3.63, 3.8) is 0 Å². The predicted octanol–water partition coefficient (Wildman–Crippen LogP) is 2.18. The van der Waals surface area contributed by atoms with Gasteiger partial charge in [-0.05, 0) is 56.0 Å². The van der Waals surface area contributed by atoms with Crippen LogP contribution in [0.2, 0.25) is 0 Å². The first-order valence-electron chi connectivity index (χ1n) is 4.17. The second-order valence-electron chi connectivity index (χ2n) is 3.02. The van der Waals surface area contributed by atoms with Gasteiger partial charge in [-0.2, -0.15) is 0 Å². The van der Waals surface area contributed by atoms with E-state index in [1.165, 1.54) is 0 Å². The Morgan fingerprint density at radius 3 is 2.21 bits per heavy atom. The zero-order chi connectivity index (χ0) is 10.7. The minimum absolute atomic E-state index is 0.0841. The number of halogens is 2. The standard InChI is InChI=1S/C9H12Br2N2O/c10-6-3-5(8(12)1-2-14)4-7(11)9(6)13/h3-4,8,14H,1-2,12-13H2. The van der Waals surface area contributed by atoms with Gasteiger partial charge in [0.05, 0.1) is 5.69 Å². The summed E-state index contributed by atoms with van der Waals surface area (Å²) in [4.78, 5) is 0. The van der Waals surface area contributed by atoms with Crippen LogP contribution in [0.3, 0.4) is 0 Å². The summed E-state index contributed by atoms with van der Waals surface area (Å²) in [5.41, 5.74) is 13.2. The third kappa shape index (κ3) is 2.70. The zero-order valence-electron chi connectivity index (χ0n) is 7.50. The van der Waals surface area contributed by atoms with Crippen molar-refractivity contribution in [1.29, 1.82) is 0 Å². The van der Waals surface area contributed by atoms with Crippen LogP contribution in [-0.2, 0) is 0 Å². The molecule has 78 valence electrons. The third-order valence-electron chi connectivity index (χ3n) is 1.97. The van der Waals surface area contributed by atoms with Gasteiger partial charge in [-0.1, -0.05) is 0 Å². The normalized spacial score (nSPS) is 12.9. The van der Waals surface area contributed by atoms with E-state index in [1.54, 1.807) is 0 Å². The third-order valence-corrected chi connectivity index (χ3v) is 3.28. The fourth-order valence-electron chi connectivity index (χ4n) is 1.12. The molecule has 0 bridgehead atoms. The number of anilines is 1. The highest BCUT2D eigenvalue weighted by molar-refractivity contribution is 9.11. The molecule has 0 saturated heterocycles. The van der Waals surface area contributed by atoms with Crippen LogP contribution in [0.15, 0.2) is 21.1 Å². The summed E-state index contributed by atoms with van der Waals surface area (Å²) in [7, 11) is 0. The molecule has 1 atom stereocenters. The fourth-order valence-corrected chi connectivity index (χ4v) is 2.35. The van der Waals surface area contributed by atoms with Crippen LogP contribution in [0.5, 0.6) is 0 Å². The van der Waals surface area contributed by atoms with Gasteiger partial charge in [0.15, 0.2) is 0 Å². The van der Waals surface area contributed by atoms with Gasteiger partial charge in [0.25, 0.3) is 0 Å².